The van der Waals surface area contributed by atoms with Crippen LogP contribution in [0.1, 0.15) is 17.3 Å². The Morgan fingerprint density at radius 2 is 2.21 bits per heavy atom. The molecule has 0 aliphatic carbocycles. The van der Waals surface area contributed by atoms with Crippen molar-refractivity contribution in [3.05, 3.63) is 23.8 Å². The molecule has 0 aliphatic rings. The Bertz CT molecular complexity index is 608. The lowest BCUT2D eigenvalue weighted by atomic mass is 10.2. The molecule has 19 heavy (non-hydrogen) atoms. The number of likely N-dealkylation sites (N-methyl/N-ethyl adjacent to an activating group) is 1. The molecular weight excluding hydrogens is 248 g/mol. The topological polar surface area (TPSA) is 88.2 Å². The zero-order valence-electron chi connectivity index (χ0n) is 10.7. The van der Waals surface area contributed by atoms with Gasteiger partial charge in [0.05, 0.1) is 17.6 Å². The van der Waals surface area contributed by atoms with Gasteiger partial charge in [0.1, 0.15) is 12.1 Å². The summed E-state index contributed by atoms with van der Waals surface area (Å²) >= 11 is 0. The predicted molar refractivity (Wildman–Crippen MR) is 67.5 cm³/mol. The molecule has 2 aromatic rings. The molecule has 0 atom stereocenters. The molecule has 100 valence electrons. The third-order valence-corrected chi connectivity index (χ3v) is 2.76. The van der Waals surface area contributed by atoms with Crippen molar-refractivity contribution in [3.8, 4) is 0 Å². The SMILES string of the molecule is CC(=O)N(C)CCOC(=O)c1ccc2nn[nH]c2c1. The molecule has 0 radical (unpaired) electrons. The summed E-state index contributed by atoms with van der Waals surface area (Å²) in [7, 11) is 1.65. The minimum absolute atomic E-state index is 0.0685. The monoisotopic (exact) mass is 262 g/mol. The van der Waals surface area contributed by atoms with Crippen LogP contribution in [-0.4, -0.2) is 52.4 Å². The lowest BCUT2D eigenvalue weighted by Gasteiger charge is -2.14. The fourth-order valence-electron chi connectivity index (χ4n) is 1.49. The molecule has 0 aliphatic heterocycles. The normalized spacial score (nSPS) is 10.4. The Morgan fingerprint density at radius 3 is 2.95 bits per heavy atom. The zero-order chi connectivity index (χ0) is 13.8. The first-order valence-electron chi connectivity index (χ1n) is 5.77. The number of aromatic nitrogens is 3. The van der Waals surface area contributed by atoms with Crippen molar-refractivity contribution >= 4 is 22.9 Å². The van der Waals surface area contributed by atoms with E-state index in [-0.39, 0.29) is 12.5 Å². The Balaban J connectivity index is 1.94. The van der Waals surface area contributed by atoms with E-state index in [1.807, 2.05) is 0 Å². The quantitative estimate of drug-likeness (QED) is 0.815. The second-order valence-corrected chi connectivity index (χ2v) is 4.12. The van der Waals surface area contributed by atoms with Crippen molar-refractivity contribution < 1.29 is 14.3 Å². The minimum Gasteiger partial charge on any atom is -0.460 e. The van der Waals surface area contributed by atoms with E-state index in [0.717, 1.165) is 0 Å². The number of nitrogens with one attached hydrogen (secondary N) is 1. The number of hydrogen-bond acceptors (Lipinski definition) is 5. The molecule has 0 fully saturated rings. The maximum absolute atomic E-state index is 11.8. The maximum Gasteiger partial charge on any atom is 0.338 e. The number of rotatable bonds is 4. The largest absolute Gasteiger partial charge is 0.460 e. The Labute approximate surface area is 109 Å². The van der Waals surface area contributed by atoms with Crippen LogP contribution in [-0.2, 0) is 9.53 Å². The molecule has 0 spiro atoms. The highest BCUT2D eigenvalue weighted by atomic mass is 16.5. The summed E-state index contributed by atoms with van der Waals surface area (Å²) in [6.45, 7) is 1.99. The van der Waals surface area contributed by atoms with Gasteiger partial charge in [-0.3, -0.25) is 9.89 Å². The van der Waals surface area contributed by atoms with Gasteiger partial charge in [-0.05, 0) is 18.2 Å². The van der Waals surface area contributed by atoms with E-state index in [9.17, 15) is 9.59 Å². The second kappa shape index (κ2) is 5.47. The number of H-pyrrole nitrogens is 1. The number of ether oxygens (including phenoxy) is 1. The summed E-state index contributed by atoms with van der Waals surface area (Å²) in [5.41, 5.74) is 1.78. The number of amides is 1. The van der Waals surface area contributed by atoms with Crippen molar-refractivity contribution in [2.24, 2.45) is 0 Å². The molecule has 7 heteroatoms. The molecule has 0 unspecified atom stereocenters. The molecule has 2 rings (SSSR count). The van der Waals surface area contributed by atoms with Crippen molar-refractivity contribution in [1.82, 2.24) is 20.3 Å². The number of carbonyl (C=O) groups excluding carboxylic acids is 2. The highest BCUT2D eigenvalue weighted by Gasteiger charge is 2.10. The molecule has 1 N–H and O–H groups in total. The van der Waals surface area contributed by atoms with Gasteiger partial charge in [0.15, 0.2) is 0 Å². The standard InChI is InChI=1S/C12H14N4O3/c1-8(17)16(2)5-6-19-12(18)9-3-4-10-11(7-9)14-15-13-10/h3-4,7H,5-6H2,1-2H3,(H,13,14,15). The molecule has 0 saturated heterocycles. The predicted octanol–water partition coefficient (Wildman–Crippen LogP) is 0.593. The average molecular weight is 262 g/mol. The lowest BCUT2D eigenvalue weighted by molar-refractivity contribution is -0.128. The summed E-state index contributed by atoms with van der Waals surface area (Å²) in [4.78, 5) is 24.2. The van der Waals surface area contributed by atoms with E-state index in [1.165, 1.54) is 11.8 Å². The van der Waals surface area contributed by atoms with Crippen LogP contribution in [0.3, 0.4) is 0 Å². The van der Waals surface area contributed by atoms with Crippen molar-refractivity contribution in [2.45, 2.75) is 6.92 Å². The van der Waals surface area contributed by atoms with Gasteiger partial charge < -0.3 is 9.64 Å². The minimum atomic E-state index is -0.437. The van der Waals surface area contributed by atoms with Crippen molar-refractivity contribution in [1.29, 1.82) is 0 Å². The van der Waals surface area contributed by atoms with E-state index < -0.39 is 5.97 Å². The van der Waals surface area contributed by atoms with Crippen molar-refractivity contribution in [2.75, 3.05) is 20.2 Å². The van der Waals surface area contributed by atoms with E-state index in [0.29, 0.717) is 23.1 Å². The summed E-state index contributed by atoms with van der Waals surface area (Å²) < 4.78 is 5.09. The fraction of sp³-hybridized carbons (Fsp3) is 0.333. The number of nitrogens with zero attached hydrogens (tertiary/aromatic N) is 3. The molecule has 1 heterocycles. The van der Waals surface area contributed by atoms with Gasteiger partial charge in [0.25, 0.3) is 0 Å². The molecule has 0 saturated carbocycles. The van der Waals surface area contributed by atoms with Gasteiger partial charge >= 0.3 is 5.97 Å². The summed E-state index contributed by atoms with van der Waals surface area (Å²) in [6, 6.07) is 4.95. The molecule has 1 aromatic heterocycles. The van der Waals surface area contributed by atoms with Gasteiger partial charge in [-0.25, -0.2) is 4.79 Å². The van der Waals surface area contributed by atoms with Crippen LogP contribution < -0.4 is 0 Å². The number of fused-ring (bicyclic) bond motifs is 1. The number of benzene rings is 1. The second-order valence-electron chi connectivity index (χ2n) is 4.12. The number of aromatic amines is 1. The van der Waals surface area contributed by atoms with Crippen LogP contribution in [0.5, 0.6) is 0 Å². The zero-order valence-corrected chi connectivity index (χ0v) is 10.7. The van der Waals surface area contributed by atoms with Crippen LogP contribution in [0, 0.1) is 0 Å². The molecule has 7 nitrogen and oxygen atoms in total. The Morgan fingerprint density at radius 1 is 1.42 bits per heavy atom. The smallest absolute Gasteiger partial charge is 0.338 e. The summed E-state index contributed by atoms with van der Waals surface area (Å²) in [5, 5.41) is 10.1. The first kappa shape index (κ1) is 13.0. The first-order chi connectivity index (χ1) is 9.08. The Kier molecular flexibility index (Phi) is 3.74. The van der Waals surface area contributed by atoms with E-state index in [4.69, 9.17) is 4.74 Å². The van der Waals surface area contributed by atoms with Gasteiger partial charge in [0.2, 0.25) is 5.91 Å². The highest BCUT2D eigenvalue weighted by Crippen LogP contribution is 2.11. The highest BCUT2D eigenvalue weighted by molar-refractivity contribution is 5.93. The average Bonchev–Trinajstić information content (AvgIpc) is 2.85. The van der Waals surface area contributed by atoms with Crippen molar-refractivity contribution in [3.63, 3.8) is 0 Å². The van der Waals surface area contributed by atoms with Gasteiger partial charge in [-0.2, -0.15) is 0 Å². The van der Waals surface area contributed by atoms with Gasteiger partial charge in [-0.15, -0.1) is 5.10 Å². The third kappa shape index (κ3) is 3.06. The lowest BCUT2D eigenvalue weighted by Crippen LogP contribution is -2.28. The fourth-order valence-corrected chi connectivity index (χ4v) is 1.49. The van der Waals surface area contributed by atoms with Crippen LogP contribution in [0.4, 0.5) is 0 Å². The molecule has 1 amide bonds. The third-order valence-electron chi connectivity index (χ3n) is 2.76. The first-order valence-corrected chi connectivity index (χ1v) is 5.77. The van der Waals surface area contributed by atoms with Crippen LogP contribution in [0.2, 0.25) is 0 Å². The number of esters is 1. The number of hydrogen-bond donors (Lipinski definition) is 1. The van der Waals surface area contributed by atoms with Crippen LogP contribution >= 0.6 is 0 Å². The number of carbonyl (C=O) groups is 2. The van der Waals surface area contributed by atoms with Gasteiger partial charge in [0, 0.05) is 14.0 Å². The van der Waals surface area contributed by atoms with E-state index >= 15 is 0 Å². The Hall–Kier alpha value is -2.44. The van der Waals surface area contributed by atoms with E-state index in [1.54, 1.807) is 25.2 Å². The maximum atomic E-state index is 11.8. The molecule has 0 bridgehead atoms. The van der Waals surface area contributed by atoms with E-state index in [2.05, 4.69) is 15.4 Å². The van der Waals surface area contributed by atoms with Gasteiger partial charge in [-0.1, -0.05) is 5.21 Å². The molecule has 1 aromatic carbocycles. The van der Waals surface area contributed by atoms with Crippen LogP contribution in [0.25, 0.3) is 11.0 Å². The summed E-state index contributed by atoms with van der Waals surface area (Å²) in [5.74, 6) is -0.505. The summed E-state index contributed by atoms with van der Waals surface area (Å²) in [6.07, 6.45) is 0. The molecular formula is C12H14N4O3. The van der Waals surface area contributed by atoms with Crippen LogP contribution in [0.15, 0.2) is 18.2 Å².